The molecule has 1 aliphatic heterocycles. The number of hydrogen-bond donors (Lipinski definition) is 2. The zero-order valence-corrected chi connectivity index (χ0v) is 16.3. The van der Waals surface area contributed by atoms with Crippen LogP contribution in [0.3, 0.4) is 0 Å². The van der Waals surface area contributed by atoms with Crippen LogP contribution < -0.4 is 15.4 Å². The fraction of sp³-hybridized carbons (Fsp3) is 0.364. The summed E-state index contributed by atoms with van der Waals surface area (Å²) in [7, 11) is 0. The molecule has 1 saturated heterocycles. The van der Waals surface area contributed by atoms with Gasteiger partial charge in [-0.15, -0.1) is 0 Å². The Bertz CT molecular complexity index is 852. The summed E-state index contributed by atoms with van der Waals surface area (Å²) in [6.45, 7) is 2.91. The number of anilines is 1. The van der Waals surface area contributed by atoms with E-state index in [2.05, 4.69) is 10.6 Å². The maximum atomic E-state index is 13.8. The molecule has 0 aromatic heterocycles. The molecule has 1 aliphatic rings. The number of benzene rings is 2. The van der Waals surface area contributed by atoms with Crippen LogP contribution in [0.4, 0.5) is 10.1 Å². The Hall–Kier alpha value is -2.93. The van der Waals surface area contributed by atoms with Crippen molar-refractivity contribution in [2.45, 2.75) is 38.4 Å². The quantitative estimate of drug-likeness (QED) is 0.711. The molecule has 29 heavy (non-hydrogen) atoms. The van der Waals surface area contributed by atoms with Gasteiger partial charge in [-0.25, -0.2) is 4.39 Å². The van der Waals surface area contributed by atoms with Crippen molar-refractivity contribution in [2.24, 2.45) is 0 Å². The summed E-state index contributed by atoms with van der Waals surface area (Å²) in [6, 6.07) is 12.7. The van der Waals surface area contributed by atoms with Crippen molar-refractivity contribution in [2.75, 3.05) is 18.5 Å². The summed E-state index contributed by atoms with van der Waals surface area (Å²) < 4.78 is 24.9. The highest BCUT2D eigenvalue weighted by molar-refractivity contribution is 6.04. The Kier molecular flexibility index (Phi) is 7.19. The summed E-state index contributed by atoms with van der Waals surface area (Å²) >= 11 is 0. The van der Waals surface area contributed by atoms with Crippen LogP contribution in [0, 0.1) is 5.82 Å². The summed E-state index contributed by atoms with van der Waals surface area (Å²) in [5, 5.41) is 5.58. The maximum Gasteiger partial charge on any atom is 0.265 e. The third-order valence-electron chi connectivity index (χ3n) is 4.71. The summed E-state index contributed by atoms with van der Waals surface area (Å²) in [5.74, 6) is -1.26. The van der Waals surface area contributed by atoms with Gasteiger partial charge in [-0.05, 0) is 43.5 Å². The first-order chi connectivity index (χ1) is 14.1. The Morgan fingerprint density at radius 3 is 2.69 bits per heavy atom. The van der Waals surface area contributed by atoms with Crippen LogP contribution in [0.1, 0.15) is 36.5 Å². The van der Waals surface area contributed by atoms with Gasteiger partial charge in [0, 0.05) is 13.2 Å². The van der Waals surface area contributed by atoms with Crippen LogP contribution in [0.25, 0.3) is 0 Å². The van der Waals surface area contributed by atoms with Gasteiger partial charge in [0.25, 0.3) is 11.8 Å². The van der Waals surface area contributed by atoms with Gasteiger partial charge in [0.1, 0.15) is 0 Å². The third kappa shape index (κ3) is 5.54. The fourth-order valence-corrected chi connectivity index (χ4v) is 3.13. The molecule has 0 radical (unpaired) electrons. The van der Waals surface area contributed by atoms with Crippen LogP contribution in [-0.2, 0) is 9.53 Å². The van der Waals surface area contributed by atoms with E-state index in [4.69, 9.17) is 9.47 Å². The first-order valence-corrected chi connectivity index (χ1v) is 9.79. The van der Waals surface area contributed by atoms with E-state index >= 15 is 0 Å². The second-order valence-electron chi connectivity index (χ2n) is 6.83. The average molecular weight is 400 g/mol. The van der Waals surface area contributed by atoms with Crippen LogP contribution in [-0.4, -0.2) is 37.2 Å². The second-order valence-corrected chi connectivity index (χ2v) is 6.83. The Labute approximate surface area is 169 Å². The number of nitrogens with one attached hydrogen (secondary N) is 2. The Morgan fingerprint density at radius 2 is 1.97 bits per heavy atom. The van der Waals surface area contributed by atoms with Gasteiger partial charge in [0.05, 0.1) is 17.4 Å². The Balaban J connectivity index is 1.66. The predicted molar refractivity (Wildman–Crippen MR) is 107 cm³/mol. The molecule has 2 atom stereocenters. The van der Waals surface area contributed by atoms with Crippen LogP contribution in [0.15, 0.2) is 48.5 Å². The molecule has 0 aliphatic carbocycles. The number of ether oxygens (including phenoxy) is 2. The number of para-hydroxylation sites is 2. The number of hydrogen-bond acceptors (Lipinski definition) is 4. The molecule has 0 bridgehead atoms. The highest BCUT2D eigenvalue weighted by Crippen LogP contribution is 2.20. The van der Waals surface area contributed by atoms with E-state index in [1.165, 1.54) is 12.1 Å². The molecular formula is C22H25FN2O4. The van der Waals surface area contributed by atoms with E-state index in [9.17, 15) is 14.0 Å². The van der Waals surface area contributed by atoms with Gasteiger partial charge in [0.2, 0.25) is 0 Å². The average Bonchev–Trinajstić information content (AvgIpc) is 3.25. The van der Waals surface area contributed by atoms with Gasteiger partial charge >= 0.3 is 0 Å². The molecule has 7 heteroatoms. The van der Waals surface area contributed by atoms with Crippen molar-refractivity contribution in [3.63, 3.8) is 0 Å². The van der Waals surface area contributed by atoms with E-state index < -0.39 is 17.8 Å². The molecule has 3 rings (SSSR count). The number of rotatable bonds is 8. The summed E-state index contributed by atoms with van der Waals surface area (Å²) in [5.41, 5.74) is 0.720. The van der Waals surface area contributed by atoms with Gasteiger partial charge < -0.3 is 20.1 Å². The zero-order valence-electron chi connectivity index (χ0n) is 16.3. The highest BCUT2D eigenvalue weighted by atomic mass is 19.1. The van der Waals surface area contributed by atoms with Crippen LogP contribution in [0.5, 0.6) is 5.75 Å². The lowest BCUT2D eigenvalue weighted by atomic mass is 10.1. The van der Waals surface area contributed by atoms with Crippen molar-refractivity contribution < 1.29 is 23.5 Å². The Morgan fingerprint density at radius 1 is 1.21 bits per heavy atom. The fourth-order valence-electron chi connectivity index (χ4n) is 3.13. The first kappa shape index (κ1) is 20.8. The molecule has 0 saturated carbocycles. The molecule has 2 amide bonds. The lowest BCUT2D eigenvalue weighted by Gasteiger charge is -2.19. The number of carbonyl (C=O) groups is 2. The SMILES string of the molecule is CCC(Oc1ccccc1F)C(=O)Nc1ccccc1C(=O)NCC1CCCO1. The highest BCUT2D eigenvalue weighted by Gasteiger charge is 2.23. The van der Waals surface area contributed by atoms with Gasteiger partial charge in [0.15, 0.2) is 17.7 Å². The topological polar surface area (TPSA) is 76.7 Å². The summed E-state index contributed by atoms with van der Waals surface area (Å²) in [4.78, 5) is 25.3. The second kappa shape index (κ2) is 10.0. The van der Waals surface area contributed by atoms with Crippen molar-refractivity contribution in [3.8, 4) is 5.75 Å². The van der Waals surface area contributed by atoms with Gasteiger partial charge in [-0.1, -0.05) is 31.2 Å². The zero-order chi connectivity index (χ0) is 20.6. The standard InChI is InChI=1S/C22H25FN2O4/c1-2-19(29-20-12-6-4-10-17(20)23)22(27)25-18-11-5-3-9-16(18)21(26)24-14-15-8-7-13-28-15/h3-6,9-12,15,19H,2,7-8,13-14H2,1H3,(H,24,26)(H,25,27). The predicted octanol–water partition coefficient (Wildman–Crippen LogP) is 3.53. The lowest BCUT2D eigenvalue weighted by Crippen LogP contribution is -2.35. The number of halogens is 1. The van der Waals surface area contributed by atoms with E-state index in [0.717, 1.165) is 12.8 Å². The third-order valence-corrected chi connectivity index (χ3v) is 4.71. The molecule has 2 N–H and O–H groups in total. The van der Waals surface area contributed by atoms with Crippen LogP contribution >= 0.6 is 0 Å². The molecule has 1 fully saturated rings. The van der Waals surface area contributed by atoms with Crippen LogP contribution in [0.2, 0.25) is 0 Å². The molecule has 1 heterocycles. The smallest absolute Gasteiger partial charge is 0.265 e. The molecule has 2 aromatic rings. The molecule has 154 valence electrons. The maximum absolute atomic E-state index is 13.8. The molecule has 0 spiro atoms. The minimum Gasteiger partial charge on any atom is -0.478 e. The first-order valence-electron chi connectivity index (χ1n) is 9.79. The van der Waals surface area contributed by atoms with Crippen molar-refractivity contribution >= 4 is 17.5 Å². The van der Waals surface area contributed by atoms with Gasteiger partial charge in [-0.3, -0.25) is 9.59 Å². The number of amides is 2. The summed E-state index contributed by atoms with van der Waals surface area (Å²) in [6.07, 6.45) is 1.39. The minimum atomic E-state index is -0.894. The van der Waals surface area contributed by atoms with Crippen molar-refractivity contribution in [1.82, 2.24) is 5.32 Å². The normalized spacial score (nSPS) is 16.8. The van der Waals surface area contributed by atoms with E-state index in [0.29, 0.717) is 30.8 Å². The van der Waals surface area contributed by atoms with E-state index in [-0.39, 0.29) is 17.8 Å². The van der Waals surface area contributed by atoms with Gasteiger partial charge in [-0.2, -0.15) is 0 Å². The molecule has 2 unspecified atom stereocenters. The molecule has 2 aromatic carbocycles. The monoisotopic (exact) mass is 400 g/mol. The number of carbonyl (C=O) groups excluding carboxylic acids is 2. The van der Waals surface area contributed by atoms with Crippen molar-refractivity contribution in [3.05, 3.63) is 59.9 Å². The van der Waals surface area contributed by atoms with E-state index in [1.807, 2.05) is 0 Å². The largest absolute Gasteiger partial charge is 0.478 e. The van der Waals surface area contributed by atoms with Crippen molar-refractivity contribution in [1.29, 1.82) is 0 Å². The van der Waals surface area contributed by atoms with E-state index in [1.54, 1.807) is 43.3 Å². The lowest BCUT2D eigenvalue weighted by molar-refractivity contribution is -0.122. The molecule has 6 nitrogen and oxygen atoms in total. The minimum absolute atomic E-state index is 0.0112. The molecular weight excluding hydrogens is 375 g/mol.